The normalized spacial score (nSPS) is 21.4. The number of carbonyl (C=O) groups is 2. The summed E-state index contributed by atoms with van der Waals surface area (Å²) in [6, 6.07) is 4.28. The first-order chi connectivity index (χ1) is 11.1. The van der Waals surface area contributed by atoms with Gasteiger partial charge in [-0.15, -0.1) is 0 Å². The quantitative estimate of drug-likeness (QED) is 0.714. The summed E-state index contributed by atoms with van der Waals surface area (Å²) < 4.78 is 0. The Labute approximate surface area is 147 Å². The van der Waals surface area contributed by atoms with Crippen LogP contribution in [0.1, 0.15) is 37.5 Å². The van der Waals surface area contributed by atoms with Gasteiger partial charge < -0.3 is 4.90 Å². The summed E-state index contributed by atoms with van der Waals surface area (Å²) in [5, 5.41) is -0.223. The van der Waals surface area contributed by atoms with E-state index in [4.69, 9.17) is 0 Å². The third kappa shape index (κ3) is 2.57. The summed E-state index contributed by atoms with van der Waals surface area (Å²) in [6.07, 6.45) is 4.09. The van der Waals surface area contributed by atoms with Crippen LogP contribution in [-0.4, -0.2) is 35.7 Å². The van der Waals surface area contributed by atoms with Crippen molar-refractivity contribution in [1.29, 1.82) is 0 Å². The molecule has 0 spiro atoms. The number of hydrogen-bond donors (Lipinski definition) is 0. The largest absolute Gasteiger partial charge is 0.365 e. The zero-order valence-electron chi connectivity index (χ0n) is 14.9. The average molecular weight is 342 g/mol. The van der Waals surface area contributed by atoms with E-state index in [0.29, 0.717) is 4.91 Å². The van der Waals surface area contributed by atoms with Crippen LogP contribution in [0, 0.1) is 6.92 Å². The molecule has 2 amide bonds. The van der Waals surface area contributed by atoms with Gasteiger partial charge in [0, 0.05) is 25.3 Å². The highest BCUT2D eigenvalue weighted by molar-refractivity contribution is 8.18. The van der Waals surface area contributed by atoms with Crippen molar-refractivity contribution in [3.05, 3.63) is 39.8 Å². The Balaban J connectivity index is 2.10. The van der Waals surface area contributed by atoms with Gasteiger partial charge in [-0.3, -0.25) is 14.5 Å². The van der Waals surface area contributed by atoms with Crippen LogP contribution in [0.3, 0.4) is 0 Å². The molecule has 2 aliphatic heterocycles. The van der Waals surface area contributed by atoms with E-state index in [-0.39, 0.29) is 16.7 Å². The molecule has 0 radical (unpaired) electrons. The van der Waals surface area contributed by atoms with Gasteiger partial charge in [0.25, 0.3) is 11.1 Å². The lowest BCUT2D eigenvalue weighted by atomic mass is 9.87. The molecule has 24 heavy (non-hydrogen) atoms. The monoisotopic (exact) mass is 342 g/mol. The lowest BCUT2D eigenvalue weighted by Crippen LogP contribution is -2.42. The highest BCUT2D eigenvalue weighted by Gasteiger charge is 2.32. The van der Waals surface area contributed by atoms with Crippen molar-refractivity contribution in [1.82, 2.24) is 4.90 Å². The van der Waals surface area contributed by atoms with Crippen molar-refractivity contribution in [2.75, 3.05) is 19.0 Å². The number of amides is 2. The zero-order chi connectivity index (χ0) is 17.8. The third-order valence-electron chi connectivity index (χ3n) is 4.88. The van der Waals surface area contributed by atoms with Gasteiger partial charge >= 0.3 is 0 Å². The second kappa shape index (κ2) is 5.52. The van der Waals surface area contributed by atoms with Crippen LogP contribution in [0.15, 0.2) is 23.1 Å². The molecule has 3 rings (SSSR count). The van der Waals surface area contributed by atoms with Crippen molar-refractivity contribution in [2.24, 2.45) is 0 Å². The number of thioether (sulfide) groups is 1. The summed E-state index contributed by atoms with van der Waals surface area (Å²) in [4.78, 5) is 27.7. The van der Waals surface area contributed by atoms with Gasteiger partial charge in [-0.25, -0.2) is 0 Å². The van der Waals surface area contributed by atoms with Crippen LogP contribution in [0.25, 0.3) is 11.6 Å². The van der Waals surface area contributed by atoms with Crippen LogP contribution in [-0.2, 0) is 4.79 Å². The molecule has 126 valence electrons. The van der Waals surface area contributed by atoms with Gasteiger partial charge in [0.05, 0.1) is 10.4 Å². The molecular weight excluding hydrogens is 320 g/mol. The standard InChI is InChI=1S/C19H22N2O2S/c1-11-7-15-14(12(2)10-19(3,4)21(15)6)8-13(11)9-16-17(22)20(5)18(23)24-16/h7-10H,1-6H3/b16-9-. The molecule has 0 unspecified atom stereocenters. The maximum absolute atomic E-state index is 12.1. The van der Waals surface area contributed by atoms with E-state index < -0.39 is 0 Å². The molecule has 2 heterocycles. The Morgan fingerprint density at radius 2 is 1.79 bits per heavy atom. The number of likely N-dealkylation sites (N-methyl/N-ethyl adjacent to an activating group) is 2. The maximum Gasteiger partial charge on any atom is 0.293 e. The number of nitrogens with zero attached hydrogens (tertiary/aromatic N) is 2. The fourth-order valence-electron chi connectivity index (χ4n) is 3.16. The minimum atomic E-state index is -0.229. The maximum atomic E-state index is 12.1. The predicted octanol–water partition coefficient (Wildman–Crippen LogP) is 4.29. The predicted molar refractivity (Wildman–Crippen MR) is 101 cm³/mol. The number of fused-ring (bicyclic) bond motifs is 1. The lowest BCUT2D eigenvalue weighted by Gasteiger charge is -2.41. The van der Waals surface area contributed by atoms with Crippen molar-refractivity contribution in [3.8, 4) is 0 Å². The van der Waals surface area contributed by atoms with Gasteiger partial charge in [-0.1, -0.05) is 6.08 Å². The molecule has 1 aromatic rings. The van der Waals surface area contributed by atoms with E-state index in [1.807, 2.05) is 13.0 Å². The van der Waals surface area contributed by atoms with Crippen LogP contribution < -0.4 is 4.90 Å². The minimum absolute atomic E-state index is 0.0318. The lowest BCUT2D eigenvalue weighted by molar-refractivity contribution is -0.121. The molecule has 4 nitrogen and oxygen atoms in total. The van der Waals surface area contributed by atoms with Crippen LogP contribution in [0.4, 0.5) is 10.5 Å². The van der Waals surface area contributed by atoms with Crippen LogP contribution >= 0.6 is 11.8 Å². The van der Waals surface area contributed by atoms with Gasteiger partial charge in [0.2, 0.25) is 0 Å². The molecule has 1 aromatic carbocycles. The van der Waals surface area contributed by atoms with Crippen LogP contribution in [0.5, 0.6) is 0 Å². The van der Waals surface area contributed by atoms with Crippen molar-refractivity contribution in [3.63, 3.8) is 0 Å². The fourth-order valence-corrected chi connectivity index (χ4v) is 3.98. The number of hydrogen-bond acceptors (Lipinski definition) is 4. The minimum Gasteiger partial charge on any atom is -0.365 e. The van der Waals surface area contributed by atoms with Crippen molar-refractivity contribution >= 4 is 40.2 Å². The summed E-state index contributed by atoms with van der Waals surface area (Å²) in [6.45, 7) is 8.54. The van der Waals surface area contributed by atoms with E-state index in [0.717, 1.165) is 27.8 Å². The molecule has 0 bridgehead atoms. The highest BCUT2D eigenvalue weighted by atomic mass is 32.2. The molecule has 1 saturated heterocycles. The van der Waals surface area contributed by atoms with E-state index in [1.54, 1.807) is 0 Å². The summed E-state index contributed by atoms with van der Waals surface area (Å²) in [5.41, 5.74) is 5.63. The highest BCUT2D eigenvalue weighted by Crippen LogP contribution is 2.40. The Morgan fingerprint density at radius 3 is 2.38 bits per heavy atom. The second-order valence-corrected chi connectivity index (χ2v) is 8.00. The molecule has 0 saturated carbocycles. The molecule has 5 heteroatoms. The number of aryl methyl sites for hydroxylation is 1. The molecular formula is C19H22N2O2S. The van der Waals surface area contributed by atoms with Crippen molar-refractivity contribution < 1.29 is 9.59 Å². The summed E-state index contributed by atoms with van der Waals surface area (Å²) in [7, 11) is 3.62. The fraction of sp³-hybridized carbons (Fsp3) is 0.368. The zero-order valence-corrected chi connectivity index (χ0v) is 15.7. The van der Waals surface area contributed by atoms with E-state index in [9.17, 15) is 9.59 Å². The molecule has 0 N–H and O–H groups in total. The van der Waals surface area contributed by atoms with Gasteiger partial charge in [0.15, 0.2) is 0 Å². The molecule has 0 atom stereocenters. The number of imide groups is 1. The molecule has 1 fully saturated rings. The first-order valence-electron chi connectivity index (χ1n) is 7.91. The number of rotatable bonds is 1. The SMILES string of the molecule is CC1=CC(C)(C)N(C)c2cc(C)c(/C=C3\SC(=O)N(C)C3=O)cc21. The summed E-state index contributed by atoms with van der Waals surface area (Å²) >= 11 is 0.997. The topological polar surface area (TPSA) is 40.6 Å². The second-order valence-electron chi connectivity index (χ2n) is 7.01. The first kappa shape index (κ1) is 16.8. The Morgan fingerprint density at radius 1 is 1.12 bits per heavy atom. The molecule has 0 aromatic heterocycles. The Hall–Kier alpha value is -2.01. The molecule has 2 aliphatic rings. The Bertz CT molecular complexity index is 821. The van der Waals surface area contributed by atoms with Gasteiger partial charge in [-0.2, -0.15) is 0 Å². The smallest absolute Gasteiger partial charge is 0.293 e. The van der Waals surface area contributed by atoms with Gasteiger partial charge in [0.1, 0.15) is 0 Å². The third-order valence-corrected chi connectivity index (χ3v) is 5.84. The van der Waals surface area contributed by atoms with Crippen LogP contribution in [0.2, 0.25) is 0 Å². The number of carbonyl (C=O) groups excluding carboxylic acids is 2. The van der Waals surface area contributed by atoms with E-state index in [2.05, 4.69) is 50.9 Å². The van der Waals surface area contributed by atoms with E-state index in [1.165, 1.54) is 23.9 Å². The van der Waals surface area contributed by atoms with Crippen molar-refractivity contribution in [2.45, 2.75) is 33.2 Å². The number of allylic oxidation sites excluding steroid dienone is 1. The average Bonchev–Trinajstić information content (AvgIpc) is 2.73. The number of anilines is 1. The molecule has 0 aliphatic carbocycles. The first-order valence-corrected chi connectivity index (χ1v) is 8.73. The number of benzene rings is 1. The summed E-state index contributed by atoms with van der Waals surface area (Å²) in [5.74, 6) is -0.229. The van der Waals surface area contributed by atoms with Gasteiger partial charge in [-0.05, 0) is 74.4 Å². The van der Waals surface area contributed by atoms with E-state index >= 15 is 0 Å². The Kier molecular flexibility index (Phi) is 3.87.